The zero-order valence-corrected chi connectivity index (χ0v) is 12.4. The summed E-state index contributed by atoms with van der Waals surface area (Å²) in [5, 5.41) is 19.0. The largest absolute Gasteiger partial charge is 0.396 e. The number of rotatable bonds is 6. The van der Waals surface area contributed by atoms with E-state index in [0.717, 1.165) is 19.3 Å². The predicted octanol–water partition coefficient (Wildman–Crippen LogP) is 1.60. The fourth-order valence-electron chi connectivity index (χ4n) is 2.83. The van der Waals surface area contributed by atoms with Crippen LogP contribution < -0.4 is 0 Å². The Morgan fingerprint density at radius 2 is 2.00 bits per heavy atom. The highest BCUT2D eigenvalue weighted by Gasteiger charge is 2.29. The van der Waals surface area contributed by atoms with Crippen molar-refractivity contribution in [1.29, 1.82) is 0 Å². The fraction of sp³-hybridized carbons (Fsp3) is 0.588. The van der Waals surface area contributed by atoms with E-state index in [2.05, 4.69) is 12.1 Å². The quantitative estimate of drug-likeness (QED) is 0.783. The summed E-state index contributed by atoms with van der Waals surface area (Å²) < 4.78 is 0. The van der Waals surface area contributed by atoms with Crippen molar-refractivity contribution in [3.05, 3.63) is 35.9 Å². The predicted molar refractivity (Wildman–Crippen MR) is 81.8 cm³/mol. The van der Waals surface area contributed by atoms with Gasteiger partial charge in [-0.05, 0) is 31.2 Å². The number of aryl methyl sites for hydroxylation is 1. The van der Waals surface area contributed by atoms with Crippen LogP contribution in [0.2, 0.25) is 0 Å². The summed E-state index contributed by atoms with van der Waals surface area (Å²) in [6.45, 7) is 1.02. The Morgan fingerprint density at radius 1 is 1.24 bits per heavy atom. The lowest BCUT2D eigenvalue weighted by atomic mass is 9.94. The first kappa shape index (κ1) is 16.0. The molecule has 1 saturated heterocycles. The van der Waals surface area contributed by atoms with Gasteiger partial charge >= 0.3 is 0 Å². The Kier molecular flexibility index (Phi) is 6.21. The van der Waals surface area contributed by atoms with Gasteiger partial charge < -0.3 is 15.1 Å². The van der Waals surface area contributed by atoms with Gasteiger partial charge in [0.1, 0.15) is 0 Å². The van der Waals surface area contributed by atoms with Crippen molar-refractivity contribution in [2.45, 2.75) is 38.2 Å². The van der Waals surface area contributed by atoms with Gasteiger partial charge in [-0.1, -0.05) is 30.3 Å². The first-order valence-electron chi connectivity index (χ1n) is 7.81. The molecule has 21 heavy (non-hydrogen) atoms. The van der Waals surface area contributed by atoms with Crippen molar-refractivity contribution in [1.82, 2.24) is 4.90 Å². The number of hydrogen-bond donors (Lipinski definition) is 2. The van der Waals surface area contributed by atoms with Gasteiger partial charge in [0.05, 0.1) is 6.10 Å². The van der Waals surface area contributed by atoms with Gasteiger partial charge in [0.15, 0.2) is 0 Å². The topological polar surface area (TPSA) is 60.8 Å². The van der Waals surface area contributed by atoms with E-state index in [0.29, 0.717) is 25.9 Å². The highest BCUT2D eigenvalue weighted by atomic mass is 16.3. The van der Waals surface area contributed by atoms with Crippen LogP contribution in [0.15, 0.2) is 30.3 Å². The molecule has 1 aromatic rings. The van der Waals surface area contributed by atoms with Gasteiger partial charge in [-0.15, -0.1) is 0 Å². The molecular formula is C17H25NO3. The SMILES string of the molecule is O=C(CCCCc1ccccc1)N1CC[C@H](CO)[C@H](O)C1. The molecule has 1 aliphatic rings. The molecule has 1 amide bonds. The number of aliphatic hydroxyl groups excluding tert-OH is 2. The van der Waals surface area contributed by atoms with Crippen LogP contribution in [0.3, 0.4) is 0 Å². The summed E-state index contributed by atoms with van der Waals surface area (Å²) in [5.41, 5.74) is 1.31. The summed E-state index contributed by atoms with van der Waals surface area (Å²) in [5.74, 6) is 0.0469. The lowest BCUT2D eigenvalue weighted by Gasteiger charge is -2.35. The van der Waals surface area contributed by atoms with Crippen LogP contribution in [0.1, 0.15) is 31.2 Å². The summed E-state index contributed by atoms with van der Waals surface area (Å²) in [6.07, 6.45) is 3.53. The van der Waals surface area contributed by atoms with Crippen LogP contribution in [0, 0.1) is 5.92 Å². The highest BCUT2D eigenvalue weighted by Crippen LogP contribution is 2.18. The van der Waals surface area contributed by atoms with Crippen molar-refractivity contribution < 1.29 is 15.0 Å². The summed E-state index contributed by atoms with van der Waals surface area (Å²) >= 11 is 0. The molecule has 2 rings (SSSR count). The molecule has 1 heterocycles. The molecular weight excluding hydrogens is 266 g/mol. The molecule has 0 spiro atoms. The number of aliphatic hydroxyl groups is 2. The molecule has 0 bridgehead atoms. The molecule has 4 nitrogen and oxygen atoms in total. The maximum Gasteiger partial charge on any atom is 0.222 e. The molecule has 0 unspecified atom stereocenters. The number of nitrogens with zero attached hydrogens (tertiary/aromatic N) is 1. The van der Waals surface area contributed by atoms with E-state index in [4.69, 9.17) is 5.11 Å². The van der Waals surface area contributed by atoms with Gasteiger partial charge in [-0.2, -0.15) is 0 Å². The molecule has 2 N–H and O–H groups in total. The second kappa shape index (κ2) is 8.15. The molecule has 1 aliphatic heterocycles. The maximum absolute atomic E-state index is 12.1. The van der Waals surface area contributed by atoms with Gasteiger partial charge in [0.25, 0.3) is 0 Å². The number of likely N-dealkylation sites (tertiary alicyclic amines) is 1. The van der Waals surface area contributed by atoms with E-state index in [9.17, 15) is 9.90 Å². The van der Waals surface area contributed by atoms with E-state index in [1.807, 2.05) is 18.2 Å². The van der Waals surface area contributed by atoms with Crippen molar-refractivity contribution in [3.63, 3.8) is 0 Å². The molecule has 0 radical (unpaired) electrons. The lowest BCUT2D eigenvalue weighted by molar-refractivity contribution is -0.136. The van der Waals surface area contributed by atoms with Gasteiger partial charge in [-0.3, -0.25) is 4.79 Å². The zero-order chi connectivity index (χ0) is 15.1. The third-order valence-corrected chi connectivity index (χ3v) is 4.26. The summed E-state index contributed by atoms with van der Waals surface area (Å²) in [7, 11) is 0. The van der Waals surface area contributed by atoms with Crippen molar-refractivity contribution in [2.24, 2.45) is 5.92 Å². The minimum atomic E-state index is -0.586. The van der Waals surface area contributed by atoms with Crippen LogP contribution in [-0.2, 0) is 11.2 Å². The standard InChI is InChI=1S/C17H25NO3/c19-13-15-10-11-18(12-16(15)20)17(21)9-5-4-8-14-6-2-1-3-7-14/h1-3,6-7,15-16,19-20H,4-5,8-13H2/t15-,16-/m1/s1. The van der Waals surface area contributed by atoms with E-state index in [-0.39, 0.29) is 18.4 Å². The average molecular weight is 291 g/mol. The number of β-amino-alcohol motifs (C(OH)–C–C–N with tert-alkyl or cyclic N) is 1. The second-order valence-electron chi connectivity index (χ2n) is 5.83. The smallest absolute Gasteiger partial charge is 0.222 e. The molecule has 2 atom stereocenters. The Labute approximate surface area is 126 Å². The Hall–Kier alpha value is -1.39. The van der Waals surface area contributed by atoms with Crippen LogP contribution in [-0.4, -0.2) is 46.8 Å². The molecule has 116 valence electrons. The molecule has 0 saturated carbocycles. The molecule has 0 aromatic heterocycles. The minimum Gasteiger partial charge on any atom is -0.396 e. The minimum absolute atomic E-state index is 0.000271. The third kappa shape index (κ3) is 4.83. The van der Waals surface area contributed by atoms with Gasteiger partial charge in [0, 0.05) is 32.0 Å². The number of unbranched alkanes of at least 4 members (excludes halogenated alkanes) is 1. The number of benzene rings is 1. The van der Waals surface area contributed by atoms with Crippen molar-refractivity contribution >= 4 is 5.91 Å². The summed E-state index contributed by atoms with van der Waals surface area (Å²) in [4.78, 5) is 13.8. The number of amides is 1. The van der Waals surface area contributed by atoms with E-state index >= 15 is 0 Å². The van der Waals surface area contributed by atoms with E-state index in [1.54, 1.807) is 4.90 Å². The van der Waals surface area contributed by atoms with E-state index in [1.165, 1.54) is 5.56 Å². The number of carbonyl (C=O) groups is 1. The van der Waals surface area contributed by atoms with Crippen LogP contribution in [0.5, 0.6) is 0 Å². The number of carbonyl (C=O) groups excluding carboxylic acids is 1. The van der Waals surface area contributed by atoms with Crippen LogP contribution >= 0.6 is 0 Å². The molecule has 0 aliphatic carbocycles. The average Bonchev–Trinajstić information content (AvgIpc) is 2.52. The van der Waals surface area contributed by atoms with E-state index < -0.39 is 6.10 Å². The van der Waals surface area contributed by atoms with Crippen LogP contribution in [0.25, 0.3) is 0 Å². The summed E-state index contributed by atoms with van der Waals surface area (Å²) in [6, 6.07) is 10.3. The number of hydrogen-bond acceptors (Lipinski definition) is 3. The molecule has 4 heteroatoms. The Morgan fingerprint density at radius 3 is 2.67 bits per heavy atom. The maximum atomic E-state index is 12.1. The van der Waals surface area contributed by atoms with Crippen LogP contribution in [0.4, 0.5) is 0 Å². The first-order chi connectivity index (χ1) is 10.2. The van der Waals surface area contributed by atoms with Crippen molar-refractivity contribution in [3.8, 4) is 0 Å². The first-order valence-corrected chi connectivity index (χ1v) is 7.81. The van der Waals surface area contributed by atoms with Crippen molar-refractivity contribution in [2.75, 3.05) is 19.7 Å². The number of piperidine rings is 1. The second-order valence-corrected chi connectivity index (χ2v) is 5.83. The Bertz CT molecular complexity index is 435. The lowest BCUT2D eigenvalue weighted by Crippen LogP contribution is -2.47. The fourth-order valence-corrected chi connectivity index (χ4v) is 2.83. The van der Waals surface area contributed by atoms with Gasteiger partial charge in [0.2, 0.25) is 5.91 Å². The highest BCUT2D eigenvalue weighted by molar-refractivity contribution is 5.76. The monoisotopic (exact) mass is 291 g/mol. The molecule has 1 fully saturated rings. The zero-order valence-electron chi connectivity index (χ0n) is 12.4. The Balaban J connectivity index is 1.66. The normalized spacial score (nSPS) is 22.3. The molecule has 1 aromatic carbocycles. The van der Waals surface area contributed by atoms with Gasteiger partial charge in [-0.25, -0.2) is 0 Å². The third-order valence-electron chi connectivity index (χ3n) is 4.26.